The van der Waals surface area contributed by atoms with Crippen LogP contribution in [-0.4, -0.2) is 12.6 Å². The molecule has 2 rings (SSSR count). The first kappa shape index (κ1) is 13.4. The minimum Gasteiger partial charge on any atom is -0.314 e. The van der Waals surface area contributed by atoms with E-state index in [0.717, 1.165) is 11.8 Å². The summed E-state index contributed by atoms with van der Waals surface area (Å²) in [6.07, 6.45) is 11.9. The Hall–Kier alpha value is -0.0400. The van der Waals surface area contributed by atoms with Gasteiger partial charge in [0.25, 0.3) is 0 Å². The summed E-state index contributed by atoms with van der Waals surface area (Å²) in [5, 5.41) is 3.74. The van der Waals surface area contributed by atoms with Crippen LogP contribution in [0.4, 0.5) is 0 Å². The topological polar surface area (TPSA) is 12.0 Å². The summed E-state index contributed by atoms with van der Waals surface area (Å²) < 4.78 is 0. The van der Waals surface area contributed by atoms with Crippen LogP contribution in [0.3, 0.4) is 0 Å². The Balaban J connectivity index is 1.92. The molecule has 0 heterocycles. The molecule has 0 saturated heterocycles. The minimum absolute atomic E-state index is 0.650. The van der Waals surface area contributed by atoms with Gasteiger partial charge in [0.05, 0.1) is 0 Å². The molecule has 0 aromatic carbocycles. The highest BCUT2D eigenvalue weighted by molar-refractivity contribution is 5.01. The quantitative estimate of drug-likeness (QED) is 0.648. The second kappa shape index (κ2) is 5.73. The van der Waals surface area contributed by atoms with E-state index in [1.54, 1.807) is 6.42 Å². The highest BCUT2D eigenvalue weighted by Crippen LogP contribution is 2.57. The van der Waals surface area contributed by atoms with Crippen LogP contribution >= 0.6 is 0 Å². The predicted octanol–water partition coefficient (Wildman–Crippen LogP) is 4.37. The predicted molar refractivity (Wildman–Crippen MR) is 75.2 cm³/mol. The van der Waals surface area contributed by atoms with E-state index < -0.39 is 0 Å². The zero-order chi connectivity index (χ0) is 12.3. The van der Waals surface area contributed by atoms with Crippen molar-refractivity contribution in [2.75, 3.05) is 6.54 Å². The fourth-order valence-electron chi connectivity index (χ4n) is 4.30. The third kappa shape index (κ3) is 3.05. The van der Waals surface area contributed by atoms with Crippen LogP contribution in [0.25, 0.3) is 0 Å². The van der Waals surface area contributed by atoms with Gasteiger partial charge in [0.15, 0.2) is 0 Å². The Bertz CT molecular complexity index is 236. The molecule has 2 bridgehead atoms. The van der Waals surface area contributed by atoms with Gasteiger partial charge in [-0.15, -0.1) is 0 Å². The molecule has 0 spiro atoms. The zero-order valence-corrected chi connectivity index (χ0v) is 12.1. The summed E-state index contributed by atoms with van der Waals surface area (Å²) in [5.74, 6) is 2.13. The van der Waals surface area contributed by atoms with E-state index in [4.69, 9.17) is 0 Å². The number of fused-ring (bicyclic) bond motifs is 2. The van der Waals surface area contributed by atoms with Gasteiger partial charge in [-0.3, -0.25) is 0 Å². The fraction of sp³-hybridized carbons (Fsp3) is 1.00. The minimum atomic E-state index is 0.650. The van der Waals surface area contributed by atoms with Crippen molar-refractivity contribution in [2.45, 2.75) is 78.2 Å². The number of hydrogen-bond acceptors (Lipinski definition) is 1. The van der Waals surface area contributed by atoms with E-state index in [0.29, 0.717) is 11.5 Å². The van der Waals surface area contributed by atoms with E-state index in [1.807, 2.05) is 0 Å². The van der Waals surface area contributed by atoms with Crippen LogP contribution in [0.1, 0.15) is 72.1 Å². The first-order valence-electron chi connectivity index (χ1n) is 7.89. The highest BCUT2D eigenvalue weighted by atomic mass is 14.9. The molecule has 17 heavy (non-hydrogen) atoms. The summed E-state index contributed by atoms with van der Waals surface area (Å²) in [4.78, 5) is 0. The molecule has 1 heteroatoms. The maximum absolute atomic E-state index is 3.74. The Morgan fingerprint density at radius 3 is 2.59 bits per heavy atom. The van der Waals surface area contributed by atoms with Gasteiger partial charge >= 0.3 is 0 Å². The standard InChI is InChI=1S/C16H31N/c1-4-5-6-9-16(12-17-13(2)3)11-14-7-8-15(16)10-14/h13-15,17H,4-12H2,1-3H3. The molecule has 0 aromatic rings. The first-order chi connectivity index (χ1) is 8.16. The summed E-state index contributed by atoms with van der Waals surface area (Å²) in [6.45, 7) is 8.18. The van der Waals surface area contributed by atoms with Crippen LogP contribution in [0.2, 0.25) is 0 Å². The van der Waals surface area contributed by atoms with Crippen LogP contribution in [0.15, 0.2) is 0 Å². The molecule has 1 N–H and O–H groups in total. The number of unbranched alkanes of at least 4 members (excludes halogenated alkanes) is 2. The van der Waals surface area contributed by atoms with Crippen LogP contribution in [-0.2, 0) is 0 Å². The van der Waals surface area contributed by atoms with Gasteiger partial charge < -0.3 is 5.32 Å². The van der Waals surface area contributed by atoms with Gasteiger partial charge in [-0.25, -0.2) is 0 Å². The molecule has 1 nitrogen and oxygen atoms in total. The molecular weight excluding hydrogens is 206 g/mol. The summed E-state index contributed by atoms with van der Waals surface area (Å²) in [5.41, 5.74) is 0.683. The molecule has 3 atom stereocenters. The molecule has 2 aliphatic carbocycles. The van der Waals surface area contributed by atoms with Crippen molar-refractivity contribution in [1.82, 2.24) is 5.32 Å². The number of hydrogen-bond donors (Lipinski definition) is 1. The molecule has 0 amide bonds. The smallest absolute Gasteiger partial charge is 0.00129 e. The van der Waals surface area contributed by atoms with Gasteiger partial charge in [-0.1, -0.05) is 46.5 Å². The van der Waals surface area contributed by atoms with E-state index in [9.17, 15) is 0 Å². The summed E-state index contributed by atoms with van der Waals surface area (Å²) in [6, 6.07) is 0.650. The van der Waals surface area contributed by atoms with E-state index in [-0.39, 0.29) is 0 Å². The van der Waals surface area contributed by atoms with Crippen LogP contribution in [0, 0.1) is 17.3 Å². The third-order valence-electron chi connectivity index (χ3n) is 5.24. The monoisotopic (exact) mass is 237 g/mol. The van der Waals surface area contributed by atoms with Crippen molar-refractivity contribution < 1.29 is 0 Å². The first-order valence-corrected chi connectivity index (χ1v) is 7.89. The van der Waals surface area contributed by atoms with E-state index >= 15 is 0 Å². The molecule has 0 radical (unpaired) electrons. The number of nitrogens with one attached hydrogen (secondary N) is 1. The van der Waals surface area contributed by atoms with Crippen molar-refractivity contribution in [3.8, 4) is 0 Å². The SMILES string of the molecule is CCCCCC1(CNC(C)C)CC2CCC1C2. The molecule has 2 saturated carbocycles. The lowest BCUT2D eigenvalue weighted by Crippen LogP contribution is -2.41. The normalized spacial score (nSPS) is 36.0. The van der Waals surface area contributed by atoms with Gasteiger partial charge in [-0.2, -0.15) is 0 Å². The molecule has 2 fully saturated rings. The molecule has 0 aromatic heterocycles. The molecule has 3 unspecified atom stereocenters. The van der Waals surface area contributed by atoms with Crippen molar-refractivity contribution >= 4 is 0 Å². The van der Waals surface area contributed by atoms with Gasteiger partial charge in [-0.05, 0) is 42.9 Å². The lowest BCUT2D eigenvalue weighted by Gasteiger charge is -2.39. The Kier molecular flexibility index (Phi) is 4.52. The Morgan fingerprint density at radius 1 is 1.24 bits per heavy atom. The zero-order valence-electron chi connectivity index (χ0n) is 12.1. The second-order valence-electron chi connectivity index (χ2n) is 6.94. The summed E-state index contributed by atoms with van der Waals surface area (Å²) >= 11 is 0. The summed E-state index contributed by atoms with van der Waals surface area (Å²) in [7, 11) is 0. The average molecular weight is 237 g/mol. The molecule has 2 aliphatic rings. The van der Waals surface area contributed by atoms with Crippen LogP contribution < -0.4 is 5.32 Å². The Morgan fingerprint density at radius 2 is 2.06 bits per heavy atom. The van der Waals surface area contributed by atoms with Gasteiger partial charge in [0.1, 0.15) is 0 Å². The van der Waals surface area contributed by atoms with Crippen LogP contribution in [0.5, 0.6) is 0 Å². The third-order valence-corrected chi connectivity index (χ3v) is 5.24. The second-order valence-corrected chi connectivity index (χ2v) is 6.94. The Labute approximate surface area is 108 Å². The molecule has 0 aliphatic heterocycles. The van der Waals surface area contributed by atoms with E-state index in [1.165, 1.54) is 51.5 Å². The maximum Gasteiger partial charge on any atom is 0.00129 e. The van der Waals surface area contributed by atoms with Gasteiger partial charge in [0, 0.05) is 12.6 Å². The van der Waals surface area contributed by atoms with E-state index in [2.05, 4.69) is 26.1 Å². The lowest BCUT2D eigenvalue weighted by atomic mass is 9.69. The average Bonchev–Trinajstić information content (AvgIpc) is 2.87. The van der Waals surface area contributed by atoms with Gasteiger partial charge in [0.2, 0.25) is 0 Å². The van der Waals surface area contributed by atoms with Crippen molar-refractivity contribution in [3.05, 3.63) is 0 Å². The maximum atomic E-state index is 3.74. The van der Waals surface area contributed by atoms with Crippen molar-refractivity contribution in [1.29, 1.82) is 0 Å². The highest BCUT2D eigenvalue weighted by Gasteiger charge is 2.49. The van der Waals surface area contributed by atoms with Crippen molar-refractivity contribution in [2.24, 2.45) is 17.3 Å². The van der Waals surface area contributed by atoms with Crippen molar-refractivity contribution in [3.63, 3.8) is 0 Å². The molecule has 100 valence electrons. The fourth-order valence-corrected chi connectivity index (χ4v) is 4.30. The number of rotatable bonds is 7. The largest absolute Gasteiger partial charge is 0.314 e. The molecular formula is C16H31N. The lowest BCUT2D eigenvalue weighted by molar-refractivity contribution is 0.135.